The molecule has 0 aliphatic heterocycles. The molecular weight excluding hydrogens is 190 g/mol. The Kier molecular flexibility index (Phi) is 4.00. The fourth-order valence-electron chi connectivity index (χ4n) is 2.37. The largest absolute Gasteiger partial charge is 0.383 e. The van der Waals surface area contributed by atoms with Crippen molar-refractivity contribution in [2.45, 2.75) is 50.8 Å². The minimum atomic E-state index is 0.509. The number of rotatable bonds is 7. The number of hydrogen-bond acceptors (Lipinski definition) is 3. The molecule has 0 aromatic carbocycles. The third-order valence-electron chi connectivity index (χ3n) is 3.48. The van der Waals surface area contributed by atoms with Gasteiger partial charge in [-0.1, -0.05) is 0 Å². The van der Waals surface area contributed by atoms with Crippen LogP contribution in [0.25, 0.3) is 0 Å². The third kappa shape index (κ3) is 3.16. The van der Waals surface area contributed by atoms with E-state index in [1.165, 1.54) is 25.7 Å². The molecule has 0 heterocycles. The molecule has 2 aliphatic rings. The van der Waals surface area contributed by atoms with Crippen LogP contribution in [0.1, 0.15) is 32.6 Å². The first-order valence-corrected chi connectivity index (χ1v) is 6.20. The van der Waals surface area contributed by atoms with Gasteiger partial charge in [-0.25, -0.2) is 0 Å². The second-order valence-electron chi connectivity index (χ2n) is 4.81. The number of nitrogens with one attached hydrogen (secondary N) is 1. The van der Waals surface area contributed by atoms with Crippen LogP contribution in [0.3, 0.4) is 0 Å². The molecule has 2 fully saturated rings. The summed E-state index contributed by atoms with van der Waals surface area (Å²) in [5, 5.41) is 3.70. The van der Waals surface area contributed by atoms with E-state index in [2.05, 4.69) is 12.2 Å². The second kappa shape index (κ2) is 5.28. The highest BCUT2D eigenvalue weighted by atomic mass is 16.5. The molecule has 1 N–H and O–H groups in total. The summed E-state index contributed by atoms with van der Waals surface area (Å²) in [7, 11) is 1.79. The highest BCUT2D eigenvalue weighted by molar-refractivity contribution is 4.93. The molecule has 1 unspecified atom stereocenters. The van der Waals surface area contributed by atoms with Crippen LogP contribution in [-0.2, 0) is 9.47 Å². The molecular formula is C12H23NO2. The van der Waals surface area contributed by atoms with Crippen molar-refractivity contribution in [2.24, 2.45) is 5.92 Å². The van der Waals surface area contributed by atoms with Gasteiger partial charge in [0, 0.05) is 25.8 Å². The Bertz CT molecular complexity index is 188. The van der Waals surface area contributed by atoms with Crippen molar-refractivity contribution in [3.8, 4) is 0 Å². The molecule has 0 bridgehead atoms. The van der Waals surface area contributed by atoms with Crippen molar-refractivity contribution in [3.63, 3.8) is 0 Å². The molecule has 2 rings (SSSR count). The Balaban J connectivity index is 1.63. The molecule has 2 saturated carbocycles. The van der Waals surface area contributed by atoms with Gasteiger partial charge in [-0.2, -0.15) is 0 Å². The monoisotopic (exact) mass is 213 g/mol. The molecule has 15 heavy (non-hydrogen) atoms. The SMILES string of the molecule is CCOC1CC(NC(COC)C2CC2)C1. The van der Waals surface area contributed by atoms with E-state index in [9.17, 15) is 0 Å². The quantitative estimate of drug-likeness (QED) is 0.696. The normalized spacial score (nSPS) is 32.4. The predicted molar refractivity (Wildman–Crippen MR) is 60.0 cm³/mol. The lowest BCUT2D eigenvalue weighted by molar-refractivity contribution is -0.0157. The Labute approximate surface area is 92.5 Å². The van der Waals surface area contributed by atoms with E-state index >= 15 is 0 Å². The zero-order valence-corrected chi connectivity index (χ0v) is 9.87. The lowest BCUT2D eigenvalue weighted by atomic mass is 9.88. The summed E-state index contributed by atoms with van der Waals surface area (Å²) in [6.07, 6.45) is 5.63. The van der Waals surface area contributed by atoms with E-state index in [1.54, 1.807) is 7.11 Å². The molecule has 1 atom stereocenters. The first-order chi connectivity index (χ1) is 7.33. The fraction of sp³-hybridized carbons (Fsp3) is 1.00. The lowest BCUT2D eigenvalue weighted by Crippen LogP contribution is -2.51. The summed E-state index contributed by atoms with van der Waals surface area (Å²) in [4.78, 5) is 0. The van der Waals surface area contributed by atoms with Crippen molar-refractivity contribution in [2.75, 3.05) is 20.3 Å². The molecule has 0 saturated heterocycles. The van der Waals surface area contributed by atoms with Crippen LogP contribution in [0.15, 0.2) is 0 Å². The Morgan fingerprint density at radius 3 is 2.60 bits per heavy atom. The van der Waals surface area contributed by atoms with E-state index in [-0.39, 0.29) is 0 Å². The van der Waals surface area contributed by atoms with Crippen LogP contribution in [0.5, 0.6) is 0 Å². The summed E-state index contributed by atoms with van der Waals surface area (Å²) >= 11 is 0. The van der Waals surface area contributed by atoms with Crippen molar-refractivity contribution < 1.29 is 9.47 Å². The zero-order valence-electron chi connectivity index (χ0n) is 9.87. The number of methoxy groups -OCH3 is 1. The van der Waals surface area contributed by atoms with Gasteiger partial charge < -0.3 is 14.8 Å². The number of ether oxygens (including phenoxy) is 2. The van der Waals surface area contributed by atoms with Gasteiger partial charge in [0.15, 0.2) is 0 Å². The van der Waals surface area contributed by atoms with Crippen LogP contribution in [0.4, 0.5) is 0 Å². The summed E-state index contributed by atoms with van der Waals surface area (Å²) < 4.78 is 10.8. The van der Waals surface area contributed by atoms with Crippen molar-refractivity contribution >= 4 is 0 Å². The third-order valence-corrected chi connectivity index (χ3v) is 3.48. The average Bonchev–Trinajstić information content (AvgIpc) is 2.96. The van der Waals surface area contributed by atoms with Crippen LogP contribution in [-0.4, -0.2) is 38.5 Å². The van der Waals surface area contributed by atoms with Crippen molar-refractivity contribution in [1.29, 1.82) is 0 Å². The summed E-state index contributed by atoms with van der Waals surface area (Å²) in [5.74, 6) is 0.871. The van der Waals surface area contributed by atoms with Gasteiger partial charge in [0.1, 0.15) is 0 Å². The first kappa shape index (κ1) is 11.4. The molecule has 0 spiro atoms. The Hall–Kier alpha value is -0.120. The van der Waals surface area contributed by atoms with Crippen LogP contribution in [0, 0.1) is 5.92 Å². The van der Waals surface area contributed by atoms with Crippen LogP contribution < -0.4 is 5.32 Å². The van der Waals surface area contributed by atoms with Gasteiger partial charge >= 0.3 is 0 Å². The van der Waals surface area contributed by atoms with Crippen LogP contribution >= 0.6 is 0 Å². The first-order valence-electron chi connectivity index (χ1n) is 6.20. The summed E-state index contributed by atoms with van der Waals surface area (Å²) in [6, 6.07) is 1.25. The highest BCUT2D eigenvalue weighted by Crippen LogP contribution is 2.34. The minimum absolute atomic E-state index is 0.509. The lowest BCUT2D eigenvalue weighted by Gasteiger charge is -2.38. The minimum Gasteiger partial charge on any atom is -0.383 e. The van der Waals surface area contributed by atoms with Gasteiger partial charge in [0.25, 0.3) is 0 Å². The van der Waals surface area contributed by atoms with Gasteiger partial charge in [0.05, 0.1) is 12.7 Å². The van der Waals surface area contributed by atoms with Crippen molar-refractivity contribution in [3.05, 3.63) is 0 Å². The van der Waals surface area contributed by atoms with Crippen LogP contribution in [0.2, 0.25) is 0 Å². The molecule has 3 heteroatoms. The standard InChI is InChI=1S/C12H23NO2/c1-3-15-11-6-10(7-11)13-12(8-14-2)9-4-5-9/h9-13H,3-8H2,1-2H3. The molecule has 3 nitrogen and oxygen atoms in total. The smallest absolute Gasteiger partial charge is 0.0618 e. The summed E-state index contributed by atoms with van der Waals surface area (Å²) in [5.41, 5.74) is 0. The van der Waals surface area contributed by atoms with E-state index in [4.69, 9.17) is 9.47 Å². The number of hydrogen-bond donors (Lipinski definition) is 1. The highest BCUT2D eigenvalue weighted by Gasteiger charge is 2.36. The Morgan fingerprint density at radius 2 is 2.07 bits per heavy atom. The van der Waals surface area contributed by atoms with Crippen molar-refractivity contribution in [1.82, 2.24) is 5.32 Å². The summed E-state index contributed by atoms with van der Waals surface area (Å²) in [6.45, 7) is 3.78. The van der Waals surface area contributed by atoms with Gasteiger partial charge in [-0.3, -0.25) is 0 Å². The second-order valence-corrected chi connectivity index (χ2v) is 4.81. The maximum Gasteiger partial charge on any atom is 0.0618 e. The molecule has 0 radical (unpaired) electrons. The molecule has 2 aliphatic carbocycles. The fourth-order valence-corrected chi connectivity index (χ4v) is 2.37. The molecule has 0 amide bonds. The molecule has 0 aromatic heterocycles. The maximum atomic E-state index is 5.55. The van der Waals surface area contributed by atoms with E-state index in [0.717, 1.165) is 19.1 Å². The van der Waals surface area contributed by atoms with E-state index in [1.807, 2.05) is 0 Å². The average molecular weight is 213 g/mol. The zero-order chi connectivity index (χ0) is 10.7. The van der Waals surface area contributed by atoms with Gasteiger partial charge in [0.2, 0.25) is 0 Å². The Morgan fingerprint density at radius 1 is 1.33 bits per heavy atom. The molecule has 88 valence electrons. The maximum absolute atomic E-state index is 5.55. The predicted octanol–water partition coefficient (Wildman–Crippen LogP) is 1.57. The topological polar surface area (TPSA) is 30.5 Å². The van der Waals surface area contributed by atoms with Gasteiger partial charge in [-0.15, -0.1) is 0 Å². The van der Waals surface area contributed by atoms with E-state index < -0.39 is 0 Å². The van der Waals surface area contributed by atoms with E-state index in [0.29, 0.717) is 18.2 Å². The molecule has 0 aromatic rings. The van der Waals surface area contributed by atoms with Gasteiger partial charge in [-0.05, 0) is 38.5 Å².